The van der Waals surface area contributed by atoms with Crippen LogP contribution in [0.2, 0.25) is 0 Å². The van der Waals surface area contributed by atoms with Gasteiger partial charge < -0.3 is 9.47 Å². The molecular weight excluding hydrogens is 242 g/mol. The number of nitrogens with zero attached hydrogens (tertiary/aromatic N) is 3. The summed E-state index contributed by atoms with van der Waals surface area (Å²) >= 11 is 0. The van der Waals surface area contributed by atoms with Crippen LogP contribution in [0, 0.1) is 0 Å². The van der Waals surface area contributed by atoms with E-state index in [2.05, 4.69) is 15.0 Å². The molecule has 3 rings (SSSR count). The molecule has 0 saturated heterocycles. The van der Waals surface area contributed by atoms with Crippen molar-refractivity contribution in [2.24, 2.45) is 4.99 Å². The number of pyridine rings is 2. The summed E-state index contributed by atoms with van der Waals surface area (Å²) in [4.78, 5) is 12.9. The van der Waals surface area contributed by atoms with Crippen LogP contribution in [0.4, 0.5) is 0 Å². The molecule has 5 nitrogen and oxygen atoms in total. The third-order valence-electron chi connectivity index (χ3n) is 3.06. The van der Waals surface area contributed by atoms with Gasteiger partial charge in [0.15, 0.2) is 0 Å². The van der Waals surface area contributed by atoms with Crippen molar-refractivity contribution in [3.63, 3.8) is 0 Å². The van der Waals surface area contributed by atoms with Crippen LogP contribution in [0.5, 0.6) is 11.8 Å². The van der Waals surface area contributed by atoms with Crippen LogP contribution in [-0.4, -0.2) is 29.9 Å². The number of ether oxygens (including phenoxy) is 2. The van der Waals surface area contributed by atoms with Gasteiger partial charge in [0.2, 0.25) is 11.8 Å². The highest BCUT2D eigenvalue weighted by Crippen LogP contribution is 2.29. The Balaban J connectivity index is 2.10. The lowest BCUT2D eigenvalue weighted by molar-refractivity contribution is 0.396. The maximum atomic E-state index is 5.33. The quantitative estimate of drug-likeness (QED) is 0.839. The number of rotatable bonds is 3. The third kappa shape index (κ3) is 1.93. The van der Waals surface area contributed by atoms with Crippen molar-refractivity contribution in [2.75, 3.05) is 14.2 Å². The fourth-order valence-electron chi connectivity index (χ4n) is 2.17. The lowest BCUT2D eigenvalue weighted by Crippen LogP contribution is -2.05. The van der Waals surface area contributed by atoms with Crippen LogP contribution in [0.15, 0.2) is 35.6 Å². The van der Waals surface area contributed by atoms with E-state index in [1.165, 1.54) is 0 Å². The molecule has 0 atom stereocenters. The van der Waals surface area contributed by atoms with Gasteiger partial charge in [-0.25, -0.2) is 9.97 Å². The highest BCUT2D eigenvalue weighted by Gasteiger charge is 2.23. The predicted molar refractivity (Wildman–Crippen MR) is 70.9 cm³/mol. The smallest absolute Gasteiger partial charge is 0.222 e. The average molecular weight is 255 g/mol. The molecule has 3 heterocycles. The van der Waals surface area contributed by atoms with Gasteiger partial charge in [-0.2, -0.15) is 0 Å². The lowest BCUT2D eigenvalue weighted by Gasteiger charge is -2.09. The molecule has 0 aliphatic carbocycles. The average Bonchev–Trinajstić information content (AvgIpc) is 2.91. The molecule has 2 aromatic heterocycles. The van der Waals surface area contributed by atoms with Gasteiger partial charge in [-0.1, -0.05) is 0 Å². The second kappa shape index (κ2) is 4.68. The first-order valence-electron chi connectivity index (χ1n) is 5.90. The molecule has 0 aromatic carbocycles. The topological polar surface area (TPSA) is 56.6 Å². The summed E-state index contributed by atoms with van der Waals surface area (Å²) in [5.41, 5.74) is 3.91. The summed E-state index contributed by atoms with van der Waals surface area (Å²) in [6.45, 7) is 0.647. The second-order valence-corrected chi connectivity index (χ2v) is 4.11. The Morgan fingerprint density at radius 3 is 2.68 bits per heavy atom. The molecule has 0 radical (unpaired) electrons. The van der Waals surface area contributed by atoms with Gasteiger partial charge in [-0.05, 0) is 17.7 Å². The molecule has 5 heteroatoms. The molecule has 1 aliphatic heterocycles. The number of hydrogen-bond donors (Lipinski definition) is 0. The first kappa shape index (κ1) is 11.6. The van der Waals surface area contributed by atoms with Crippen LogP contribution in [-0.2, 0) is 6.54 Å². The van der Waals surface area contributed by atoms with Gasteiger partial charge in [0.1, 0.15) is 0 Å². The number of fused-ring (bicyclic) bond motifs is 1. The number of hydrogen-bond acceptors (Lipinski definition) is 5. The molecule has 96 valence electrons. The zero-order valence-electron chi connectivity index (χ0n) is 10.8. The van der Waals surface area contributed by atoms with E-state index in [4.69, 9.17) is 9.47 Å². The highest BCUT2D eigenvalue weighted by molar-refractivity contribution is 6.16. The van der Waals surface area contributed by atoms with Crippen molar-refractivity contribution in [1.29, 1.82) is 0 Å². The van der Waals surface area contributed by atoms with Crippen molar-refractivity contribution in [1.82, 2.24) is 9.97 Å². The Morgan fingerprint density at radius 2 is 1.89 bits per heavy atom. The zero-order valence-corrected chi connectivity index (χ0v) is 10.8. The first-order valence-corrected chi connectivity index (χ1v) is 5.90. The number of aliphatic imine (C=N–C) groups is 1. The van der Waals surface area contributed by atoms with Gasteiger partial charge in [-0.3, -0.25) is 4.99 Å². The summed E-state index contributed by atoms with van der Waals surface area (Å²) in [5, 5.41) is 0. The lowest BCUT2D eigenvalue weighted by atomic mass is 10.0. The van der Waals surface area contributed by atoms with Crippen molar-refractivity contribution >= 4 is 5.71 Å². The van der Waals surface area contributed by atoms with Crippen molar-refractivity contribution in [3.8, 4) is 11.8 Å². The number of methoxy groups -OCH3 is 2. The summed E-state index contributed by atoms with van der Waals surface area (Å²) in [5.74, 6) is 1.17. The van der Waals surface area contributed by atoms with Crippen molar-refractivity contribution in [2.45, 2.75) is 6.54 Å². The fraction of sp³-hybridized carbons (Fsp3) is 0.214. The Labute approximate surface area is 111 Å². The Morgan fingerprint density at radius 1 is 1.05 bits per heavy atom. The van der Waals surface area contributed by atoms with Gasteiger partial charge in [0.05, 0.1) is 32.0 Å². The molecule has 0 saturated carbocycles. The number of aromatic nitrogens is 2. The fourth-order valence-corrected chi connectivity index (χ4v) is 2.17. The minimum absolute atomic E-state index is 0.566. The van der Waals surface area contributed by atoms with E-state index < -0.39 is 0 Å². The van der Waals surface area contributed by atoms with Crippen LogP contribution in [0.1, 0.15) is 16.7 Å². The first-order chi connectivity index (χ1) is 9.33. The Bertz CT molecular complexity index is 653. The van der Waals surface area contributed by atoms with E-state index in [9.17, 15) is 0 Å². The zero-order chi connectivity index (χ0) is 13.2. The van der Waals surface area contributed by atoms with E-state index in [0.717, 1.165) is 22.4 Å². The minimum Gasteiger partial charge on any atom is -0.481 e. The van der Waals surface area contributed by atoms with E-state index in [1.54, 1.807) is 26.6 Å². The minimum atomic E-state index is 0.566. The standard InChI is InChI=1S/C14H13N3O2/c1-18-11-7-9(3-5-15-11)13-12-10(8-17-13)4-6-16-14(12)19-2/h3-7H,8H2,1-2H3. The van der Waals surface area contributed by atoms with E-state index >= 15 is 0 Å². The predicted octanol–water partition coefficient (Wildman–Crippen LogP) is 1.84. The molecule has 19 heavy (non-hydrogen) atoms. The van der Waals surface area contributed by atoms with Crippen molar-refractivity contribution < 1.29 is 9.47 Å². The summed E-state index contributed by atoms with van der Waals surface area (Å²) in [7, 11) is 3.21. The van der Waals surface area contributed by atoms with Gasteiger partial charge in [0.25, 0.3) is 0 Å². The Kier molecular flexibility index (Phi) is 2.87. The molecule has 0 N–H and O–H groups in total. The van der Waals surface area contributed by atoms with Crippen LogP contribution in [0.25, 0.3) is 0 Å². The largest absolute Gasteiger partial charge is 0.481 e. The van der Waals surface area contributed by atoms with E-state index in [0.29, 0.717) is 18.3 Å². The normalized spacial score (nSPS) is 12.8. The van der Waals surface area contributed by atoms with Crippen LogP contribution < -0.4 is 9.47 Å². The molecular formula is C14H13N3O2. The molecule has 0 fully saturated rings. The SMILES string of the molecule is COc1cc(C2=NCc3ccnc(OC)c32)ccn1. The summed E-state index contributed by atoms with van der Waals surface area (Å²) in [6.07, 6.45) is 3.45. The van der Waals surface area contributed by atoms with E-state index in [-0.39, 0.29) is 0 Å². The molecule has 1 aliphatic rings. The highest BCUT2D eigenvalue weighted by atomic mass is 16.5. The third-order valence-corrected chi connectivity index (χ3v) is 3.06. The van der Waals surface area contributed by atoms with Crippen LogP contribution in [0.3, 0.4) is 0 Å². The van der Waals surface area contributed by atoms with Gasteiger partial charge in [-0.15, -0.1) is 0 Å². The molecule has 0 bridgehead atoms. The monoisotopic (exact) mass is 255 g/mol. The molecule has 0 amide bonds. The maximum Gasteiger partial charge on any atom is 0.222 e. The maximum absolute atomic E-state index is 5.33. The molecule has 2 aromatic rings. The van der Waals surface area contributed by atoms with Crippen molar-refractivity contribution in [3.05, 3.63) is 47.3 Å². The molecule has 0 spiro atoms. The van der Waals surface area contributed by atoms with E-state index in [1.807, 2.05) is 18.2 Å². The summed E-state index contributed by atoms with van der Waals surface area (Å²) < 4.78 is 10.5. The van der Waals surface area contributed by atoms with Gasteiger partial charge >= 0.3 is 0 Å². The second-order valence-electron chi connectivity index (χ2n) is 4.11. The molecule has 0 unspecified atom stereocenters. The van der Waals surface area contributed by atoms with Crippen LogP contribution >= 0.6 is 0 Å². The van der Waals surface area contributed by atoms with Gasteiger partial charge in [0, 0.05) is 24.0 Å². The summed E-state index contributed by atoms with van der Waals surface area (Å²) in [6, 6.07) is 5.73. The Hall–Kier alpha value is -2.43.